The van der Waals surface area contributed by atoms with Gasteiger partial charge in [0.1, 0.15) is 0 Å². The molecule has 1 aliphatic heterocycles. The maximum absolute atomic E-state index is 11.4. The number of nitriles is 1. The second-order valence-electron chi connectivity index (χ2n) is 2.95. The summed E-state index contributed by atoms with van der Waals surface area (Å²) in [5.41, 5.74) is 0. The van der Waals surface area contributed by atoms with Crippen LogP contribution >= 0.6 is 11.8 Å². The monoisotopic (exact) mass is 220 g/mol. The van der Waals surface area contributed by atoms with Gasteiger partial charge < -0.3 is 0 Å². The summed E-state index contributed by atoms with van der Waals surface area (Å²) in [7, 11) is -3.31. The Labute approximate surface area is 83.0 Å². The largest absolute Gasteiger partial charge is 0.227 e. The molecule has 0 saturated carbocycles. The van der Waals surface area contributed by atoms with Crippen LogP contribution in [-0.4, -0.2) is 42.6 Å². The van der Waals surface area contributed by atoms with Gasteiger partial charge in [0.2, 0.25) is 10.0 Å². The topological polar surface area (TPSA) is 61.2 Å². The molecule has 1 unspecified atom stereocenters. The maximum Gasteiger partial charge on any atom is 0.227 e. The Morgan fingerprint density at radius 2 is 2.38 bits per heavy atom. The smallest absolute Gasteiger partial charge is 0.211 e. The molecular weight excluding hydrogens is 208 g/mol. The van der Waals surface area contributed by atoms with E-state index in [2.05, 4.69) is 0 Å². The van der Waals surface area contributed by atoms with E-state index in [0.29, 0.717) is 18.3 Å². The van der Waals surface area contributed by atoms with Gasteiger partial charge in [-0.3, -0.25) is 0 Å². The number of rotatable bonds is 2. The van der Waals surface area contributed by atoms with Gasteiger partial charge in [0.05, 0.1) is 6.07 Å². The Hall–Kier alpha value is -0.250. The number of sulfonamides is 1. The zero-order chi connectivity index (χ0) is 9.90. The molecule has 1 fully saturated rings. The number of thioether (sulfide) groups is 1. The minimum Gasteiger partial charge on any atom is -0.211 e. The minimum atomic E-state index is -3.31. The fourth-order valence-corrected chi connectivity index (χ4v) is 3.60. The normalized spacial score (nSPS) is 25.4. The van der Waals surface area contributed by atoms with Gasteiger partial charge in [-0.05, 0) is 0 Å². The maximum atomic E-state index is 11.4. The van der Waals surface area contributed by atoms with Crippen molar-refractivity contribution in [2.24, 2.45) is 0 Å². The quantitative estimate of drug-likeness (QED) is 0.670. The second-order valence-corrected chi connectivity index (χ2v) is 6.47. The lowest BCUT2D eigenvalue weighted by molar-refractivity contribution is 0.426. The van der Waals surface area contributed by atoms with E-state index < -0.39 is 15.8 Å². The van der Waals surface area contributed by atoms with Gasteiger partial charge in [0.25, 0.3) is 0 Å². The Kier molecular flexibility index (Phi) is 3.59. The zero-order valence-corrected chi connectivity index (χ0v) is 9.07. The van der Waals surface area contributed by atoms with E-state index in [1.807, 2.05) is 6.92 Å². The van der Waals surface area contributed by atoms with Crippen molar-refractivity contribution in [2.45, 2.75) is 12.2 Å². The third kappa shape index (κ3) is 2.86. The van der Waals surface area contributed by atoms with Crippen LogP contribution in [0.4, 0.5) is 0 Å². The van der Waals surface area contributed by atoms with Gasteiger partial charge in [-0.15, -0.1) is 0 Å². The van der Waals surface area contributed by atoms with Gasteiger partial charge in [0, 0.05) is 24.1 Å². The molecular formula is C7H12N2O2S2. The summed E-state index contributed by atoms with van der Waals surface area (Å²) in [6.07, 6.45) is 0. The lowest BCUT2D eigenvalue weighted by Gasteiger charge is -2.28. The lowest BCUT2D eigenvalue weighted by atomic mass is 10.4. The highest BCUT2D eigenvalue weighted by Crippen LogP contribution is 2.19. The first kappa shape index (κ1) is 10.8. The molecule has 0 aliphatic carbocycles. The molecule has 1 aliphatic rings. The van der Waals surface area contributed by atoms with Crippen molar-refractivity contribution >= 4 is 21.8 Å². The average Bonchev–Trinajstić information content (AvgIpc) is 2.04. The molecule has 0 amide bonds. The second kappa shape index (κ2) is 4.31. The number of hydrogen-bond donors (Lipinski definition) is 0. The molecule has 1 atom stereocenters. The molecule has 0 N–H and O–H groups in total. The third-order valence-electron chi connectivity index (χ3n) is 1.84. The van der Waals surface area contributed by atoms with E-state index in [1.54, 1.807) is 17.8 Å². The molecule has 13 heavy (non-hydrogen) atoms. The SMILES string of the molecule is CC1CN(S(=O)(=O)CC#N)CCS1. The first-order valence-electron chi connectivity index (χ1n) is 4.02. The van der Waals surface area contributed by atoms with Crippen molar-refractivity contribution in [1.82, 2.24) is 4.31 Å². The fourth-order valence-electron chi connectivity index (χ4n) is 1.21. The lowest BCUT2D eigenvalue weighted by Crippen LogP contribution is -2.41. The molecule has 0 radical (unpaired) electrons. The Morgan fingerprint density at radius 1 is 1.69 bits per heavy atom. The highest BCUT2D eigenvalue weighted by atomic mass is 32.2. The van der Waals surface area contributed by atoms with Crippen molar-refractivity contribution in [3.63, 3.8) is 0 Å². The van der Waals surface area contributed by atoms with Crippen LogP contribution in [0.2, 0.25) is 0 Å². The van der Waals surface area contributed by atoms with Crippen LogP contribution in [-0.2, 0) is 10.0 Å². The first-order valence-corrected chi connectivity index (χ1v) is 6.68. The standard InChI is InChI=1S/C7H12N2O2S2/c1-7-6-9(3-4-12-7)13(10,11)5-2-8/h7H,3-6H2,1H3. The zero-order valence-electron chi connectivity index (χ0n) is 7.43. The van der Waals surface area contributed by atoms with E-state index in [0.717, 1.165) is 5.75 Å². The summed E-state index contributed by atoms with van der Waals surface area (Å²) in [6.45, 7) is 3.08. The van der Waals surface area contributed by atoms with Crippen LogP contribution in [0, 0.1) is 11.3 Å². The fraction of sp³-hybridized carbons (Fsp3) is 0.857. The van der Waals surface area contributed by atoms with E-state index in [4.69, 9.17) is 5.26 Å². The summed E-state index contributed by atoms with van der Waals surface area (Å²) in [5, 5.41) is 8.67. The van der Waals surface area contributed by atoms with E-state index in [-0.39, 0.29) is 0 Å². The van der Waals surface area contributed by atoms with Crippen LogP contribution in [0.1, 0.15) is 6.92 Å². The molecule has 0 aromatic heterocycles. The molecule has 1 rings (SSSR count). The molecule has 0 spiro atoms. The van der Waals surface area contributed by atoms with Crippen molar-refractivity contribution in [3.8, 4) is 6.07 Å². The molecule has 1 saturated heterocycles. The molecule has 0 bridgehead atoms. The van der Waals surface area contributed by atoms with Crippen molar-refractivity contribution in [2.75, 3.05) is 24.6 Å². The van der Waals surface area contributed by atoms with E-state index in [9.17, 15) is 8.42 Å². The highest BCUT2D eigenvalue weighted by Gasteiger charge is 2.26. The summed E-state index contributed by atoms with van der Waals surface area (Å²) in [6, 6.07) is 1.68. The molecule has 74 valence electrons. The molecule has 0 aromatic rings. The average molecular weight is 220 g/mol. The number of hydrogen-bond acceptors (Lipinski definition) is 4. The van der Waals surface area contributed by atoms with Gasteiger partial charge in [-0.1, -0.05) is 6.92 Å². The molecule has 6 heteroatoms. The van der Waals surface area contributed by atoms with Crippen molar-refractivity contribution < 1.29 is 8.42 Å². The predicted octanol–water partition coefficient (Wildman–Crippen LogP) is 0.277. The summed E-state index contributed by atoms with van der Waals surface area (Å²) >= 11 is 1.77. The van der Waals surface area contributed by atoms with Gasteiger partial charge in [-0.25, -0.2) is 8.42 Å². The summed E-state index contributed by atoms with van der Waals surface area (Å²) < 4.78 is 24.3. The van der Waals surface area contributed by atoms with Crippen LogP contribution < -0.4 is 0 Å². The van der Waals surface area contributed by atoms with Crippen LogP contribution in [0.25, 0.3) is 0 Å². The van der Waals surface area contributed by atoms with Crippen molar-refractivity contribution in [1.29, 1.82) is 5.26 Å². The van der Waals surface area contributed by atoms with Crippen LogP contribution in [0.3, 0.4) is 0 Å². The molecule has 1 heterocycles. The summed E-state index contributed by atoms with van der Waals surface area (Å²) in [4.78, 5) is 0. The molecule has 0 aromatic carbocycles. The van der Waals surface area contributed by atoms with E-state index >= 15 is 0 Å². The van der Waals surface area contributed by atoms with Crippen molar-refractivity contribution in [3.05, 3.63) is 0 Å². The van der Waals surface area contributed by atoms with Gasteiger partial charge in [-0.2, -0.15) is 21.3 Å². The highest BCUT2D eigenvalue weighted by molar-refractivity contribution is 8.00. The van der Waals surface area contributed by atoms with E-state index in [1.165, 1.54) is 4.31 Å². The Bertz CT molecular complexity index is 307. The molecule has 4 nitrogen and oxygen atoms in total. The summed E-state index contributed by atoms with van der Waals surface area (Å²) in [5.74, 6) is 0.427. The third-order valence-corrected chi connectivity index (χ3v) is 4.59. The Balaban J connectivity index is 2.66. The minimum absolute atomic E-state index is 0.335. The predicted molar refractivity (Wildman–Crippen MR) is 52.9 cm³/mol. The van der Waals surface area contributed by atoms with Gasteiger partial charge >= 0.3 is 0 Å². The van der Waals surface area contributed by atoms with Crippen LogP contribution in [0.15, 0.2) is 0 Å². The number of nitrogens with zero attached hydrogens (tertiary/aromatic N) is 2. The van der Waals surface area contributed by atoms with Crippen LogP contribution in [0.5, 0.6) is 0 Å². The Morgan fingerprint density at radius 3 is 2.92 bits per heavy atom. The first-order chi connectivity index (χ1) is 6.06. The van der Waals surface area contributed by atoms with Gasteiger partial charge in [0.15, 0.2) is 5.75 Å².